The molecule has 32 heavy (non-hydrogen) atoms. The highest BCUT2D eigenvalue weighted by molar-refractivity contribution is 5.81. The Morgan fingerprint density at radius 2 is 1.72 bits per heavy atom. The smallest absolute Gasteiger partial charge is 0.255 e. The molecule has 1 saturated heterocycles. The third-order valence-electron chi connectivity index (χ3n) is 8.00. The fourth-order valence-electron chi connectivity index (χ4n) is 5.84. The number of pyridine rings is 1. The molecule has 1 aromatic heterocycles. The van der Waals surface area contributed by atoms with Crippen LogP contribution in [-0.4, -0.2) is 46.0 Å². The van der Waals surface area contributed by atoms with Crippen molar-refractivity contribution in [2.45, 2.75) is 70.4 Å². The van der Waals surface area contributed by atoms with E-state index in [1.807, 2.05) is 31.3 Å². The molecule has 0 bridgehead atoms. The number of nitrogens with zero attached hydrogens (tertiary/aromatic N) is 3. The fourth-order valence-corrected chi connectivity index (χ4v) is 5.84. The van der Waals surface area contributed by atoms with E-state index in [0.29, 0.717) is 12.5 Å². The predicted molar refractivity (Wildman–Crippen MR) is 129 cm³/mol. The zero-order valence-corrected chi connectivity index (χ0v) is 19.5. The largest absolute Gasteiger partial charge is 0.335 e. The number of hydrogen-bond donors (Lipinski definition) is 0. The van der Waals surface area contributed by atoms with E-state index in [1.54, 1.807) is 4.57 Å². The van der Waals surface area contributed by atoms with Crippen LogP contribution in [0.25, 0.3) is 10.9 Å². The zero-order valence-electron chi connectivity index (χ0n) is 19.5. The molecule has 0 atom stereocenters. The van der Waals surface area contributed by atoms with E-state index in [1.165, 1.54) is 25.8 Å². The number of hydrogen-bond acceptors (Lipinski definition) is 3. The van der Waals surface area contributed by atoms with Crippen molar-refractivity contribution in [3.05, 3.63) is 46.2 Å². The van der Waals surface area contributed by atoms with Gasteiger partial charge >= 0.3 is 0 Å². The van der Waals surface area contributed by atoms with E-state index in [0.717, 1.165) is 74.0 Å². The van der Waals surface area contributed by atoms with Gasteiger partial charge in [-0.3, -0.25) is 9.59 Å². The van der Waals surface area contributed by atoms with Crippen molar-refractivity contribution in [1.29, 1.82) is 0 Å². The highest BCUT2D eigenvalue weighted by Crippen LogP contribution is 2.32. The van der Waals surface area contributed by atoms with Crippen LogP contribution in [0.3, 0.4) is 0 Å². The molecule has 1 aliphatic heterocycles. The second kappa shape index (κ2) is 9.38. The van der Waals surface area contributed by atoms with E-state index in [4.69, 9.17) is 0 Å². The minimum Gasteiger partial charge on any atom is -0.335 e. The van der Waals surface area contributed by atoms with Crippen LogP contribution in [0.1, 0.15) is 63.4 Å². The molecule has 2 aromatic rings. The third kappa shape index (κ3) is 4.63. The quantitative estimate of drug-likeness (QED) is 0.679. The van der Waals surface area contributed by atoms with Crippen LogP contribution in [0.15, 0.2) is 35.1 Å². The first kappa shape index (κ1) is 21.7. The SMILES string of the molecule is Cn1c(=O)c(CN(C(=O)C2CCCCC2)C2CCN(CC3CC3)CC2)cc2ccccc21. The summed E-state index contributed by atoms with van der Waals surface area (Å²) < 4.78 is 1.74. The van der Waals surface area contributed by atoms with Gasteiger partial charge in [0.25, 0.3) is 5.56 Å². The molecule has 0 unspecified atom stereocenters. The van der Waals surface area contributed by atoms with Gasteiger partial charge in [-0.1, -0.05) is 37.5 Å². The summed E-state index contributed by atoms with van der Waals surface area (Å²) in [4.78, 5) is 31.6. The Bertz CT molecular complexity index is 1010. The average molecular weight is 436 g/mol. The van der Waals surface area contributed by atoms with Gasteiger partial charge in [-0.05, 0) is 62.0 Å². The van der Waals surface area contributed by atoms with Crippen molar-refractivity contribution in [2.75, 3.05) is 19.6 Å². The molecule has 2 saturated carbocycles. The lowest BCUT2D eigenvalue weighted by atomic mass is 9.87. The molecule has 5 heteroatoms. The minimum absolute atomic E-state index is 0.0244. The van der Waals surface area contributed by atoms with E-state index in [-0.39, 0.29) is 17.5 Å². The van der Waals surface area contributed by atoms with E-state index < -0.39 is 0 Å². The molecule has 1 aromatic carbocycles. The third-order valence-corrected chi connectivity index (χ3v) is 8.00. The van der Waals surface area contributed by atoms with Crippen LogP contribution in [0.4, 0.5) is 0 Å². The Morgan fingerprint density at radius 1 is 1.00 bits per heavy atom. The molecule has 0 spiro atoms. The van der Waals surface area contributed by atoms with Crippen molar-refractivity contribution in [3.63, 3.8) is 0 Å². The molecule has 0 radical (unpaired) electrons. The van der Waals surface area contributed by atoms with Gasteiger partial charge in [0.2, 0.25) is 5.91 Å². The van der Waals surface area contributed by atoms with Crippen LogP contribution in [0, 0.1) is 11.8 Å². The van der Waals surface area contributed by atoms with Gasteiger partial charge in [-0.25, -0.2) is 0 Å². The van der Waals surface area contributed by atoms with Gasteiger partial charge in [-0.2, -0.15) is 0 Å². The minimum atomic E-state index is 0.0244. The molecule has 3 fully saturated rings. The Labute approximate surface area is 191 Å². The van der Waals surface area contributed by atoms with Crippen LogP contribution in [-0.2, 0) is 18.4 Å². The summed E-state index contributed by atoms with van der Waals surface area (Å²) in [5.41, 5.74) is 1.71. The van der Waals surface area contributed by atoms with Crippen LogP contribution < -0.4 is 5.56 Å². The monoisotopic (exact) mass is 435 g/mol. The first-order chi connectivity index (χ1) is 15.6. The molecule has 2 heterocycles. The Kier molecular flexibility index (Phi) is 6.36. The van der Waals surface area contributed by atoms with Crippen molar-refractivity contribution in [1.82, 2.24) is 14.4 Å². The normalized spacial score (nSPS) is 21.2. The summed E-state index contributed by atoms with van der Waals surface area (Å²) >= 11 is 0. The van der Waals surface area contributed by atoms with Gasteiger partial charge in [0.1, 0.15) is 0 Å². The molecule has 172 valence electrons. The number of piperidine rings is 1. The number of fused-ring (bicyclic) bond motifs is 1. The first-order valence-electron chi connectivity index (χ1n) is 12.7. The predicted octanol–water partition coefficient (Wildman–Crippen LogP) is 4.32. The van der Waals surface area contributed by atoms with Gasteiger partial charge in [-0.15, -0.1) is 0 Å². The summed E-state index contributed by atoms with van der Waals surface area (Å²) in [7, 11) is 1.85. The van der Waals surface area contributed by atoms with Crippen molar-refractivity contribution >= 4 is 16.8 Å². The lowest BCUT2D eigenvalue weighted by Gasteiger charge is -2.40. The Hall–Kier alpha value is -2.14. The molecule has 0 N–H and O–H groups in total. The van der Waals surface area contributed by atoms with Crippen LogP contribution >= 0.6 is 0 Å². The number of para-hydroxylation sites is 1. The number of amides is 1. The second-order valence-electron chi connectivity index (χ2n) is 10.4. The topological polar surface area (TPSA) is 45.6 Å². The number of carbonyl (C=O) groups excluding carboxylic acids is 1. The summed E-state index contributed by atoms with van der Waals surface area (Å²) in [5, 5.41) is 1.06. The zero-order chi connectivity index (χ0) is 22.1. The summed E-state index contributed by atoms with van der Waals surface area (Å²) in [6, 6.07) is 10.3. The van der Waals surface area contributed by atoms with E-state index >= 15 is 0 Å². The molecule has 5 nitrogen and oxygen atoms in total. The van der Waals surface area contributed by atoms with Gasteiger partial charge < -0.3 is 14.4 Å². The summed E-state index contributed by atoms with van der Waals surface area (Å²) in [6.45, 7) is 3.82. The van der Waals surface area contributed by atoms with E-state index in [9.17, 15) is 9.59 Å². The van der Waals surface area contributed by atoms with Crippen LogP contribution in [0.2, 0.25) is 0 Å². The maximum Gasteiger partial charge on any atom is 0.255 e. The van der Waals surface area contributed by atoms with Gasteiger partial charge in [0.05, 0.1) is 12.1 Å². The maximum atomic E-state index is 13.7. The van der Waals surface area contributed by atoms with Crippen molar-refractivity contribution < 1.29 is 4.79 Å². The average Bonchev–Trinajstić information content (AvgIpc) is 3.65. The molecule has 2 aliphatic carbocycles. The van der Waals surface area contributed by atoms with Gasteiger partial charge in [0.15, 0.2) is 0 Å². The summed E-state index contributed by atoms with van der Waals surface area (Å²) in [5.74, 6) is 1.34. The summed E-state index contributed by atoms with van der Waals surface area (Å²) in [6.07, 6.45) is 10.4. The number of aryl methyl sites for hydroxylation is 1. The maximum absolute atomic E-state index is 13.7. The number of aromatic nitrogens is 1. The van der Waals surface area contributed by atoms with E-state index in [2.05, 4.69) is 15.9 Å². The number of benzene rings is 1. The fraction of sp³-hybridized carbons (Fsp3) is 0.630. The van der Waals surface area contributed by atoms with Crippen molar-refractivity contribution in [2.24, 2.45) is 18.9 Å². The highest BCUT2D eigenvalue weighted by atomic mass is 16.2. The number of likely N-dealkylation sites (tertiary alicyclic amines) is 1. The van der Waals surface area contributed by atoms with Gasteiger partial charge in [0, 0.05) is 44.2 Å². The number of rotatable bonds is 6. The molecular formula is C27H37N3O2. The number of carbonyl (C=O) groups is 1. The first-order valence-corrected chi connectivity index (χ1v) is 12.7. The Balaban J connectivity index is 1.39. The standard InChI is InChI=1S/C27H37N3O2/c1-28-25-10-6-5-9-22(25)17-23(26(28)31)19-30(27(32)21-7-3-2-4-8-21)24-13-15-29(16-14-24)18-20-11-12-20/h5-6,9-10,17,20-21,24H,2-4,7-8,11-16,18-19H2,1H3. The lowest BCUT2D eigenvalue weighted by molar-refractivity contribution is -0.140. The second-order valence-corrected chi connectivity index (χ2v) is 10.4. The Morgan fingerprint density at radius 3 is 2.44 bits per heavy atom. The van der Waals surface area contributed by atoms with Crippen LogP contribution in [0.5, 0.6) is 0 Å². The molecule has 3 aliphatic rings. The highest BCUT2D eigenvalue weighted by Gasteiger charge is 2.34. The molecule has 1 amide bonds. The lowest BCUT2D eigenvalue weighted by Crippen LogP contribution is -2.50. The molecule has 5 rings (SSSR count). The van der Waals surface area contributed by atoms with Crippen molar-refractivity contribution in [3.8, 4) is 0 Å². The molecular weight excluding hydrogens is 398 g/mol.